The summed E-state index contributed by atoms with van der Waals surface area (Å²) in [5, 5.41) is 5.91. The van der Waals surface area contributed by atoms with Crippen molar-refractivity contribution in [2.45, 2.75) is 6.92 Å². The minimum atomic E-state index is -0.360. The van der Waals surface area contributed by atoms with Gasteiger partial charge in [0.05, 0.1) is 26.9 Å². The SMILES string of the molecule is COc1cc(NC(=O)c2cnc(Nc3ccccc3C)nc2)cc(OC)c1OC. The molecule has 3 rings (SSSR count). The standard InChI is InChI=1S/C21H22N4O4/c1-13-7-5-6-8-16(13)25-21-22-11-14(12-23-21)20(26)24-15-9-17(27-2)19(29-4)18(10-15)28-3/h5-12H,1-4H3,(H,24,26)(H,22,23,25). The van der Waals surface area contributed by atoms with Gasteiger partial charge in [0.2, 0.25) is 11.7 Å². The van der Waals surface area contributed by atoms with Crippen LogP contribution in [0.25, 0.3) is 0 Å². The molecular weight excluding hydrogens is 372 g/mol. The van der Waals surface area contributed by atoms with E-state index in [2.05, 4.69) is 20.6 Å². The molecule has 0 spiro atoms. The number of benzene rings is 2. The molecule has 0 unspecified atom stereocenters. The maximum atomic E-state index is 12.6. The van der Waals surface area contributed by atoms with Crippen molar-refractivity contribution >= 4 is 23.2 Å². The van der Waals surface area contributed by atoms with Crippen molar-refractivity contribution in [3.63, 3.8) is 0 Å². The highest BCUT2D eigenvalue weighted by molar-refractivity contribution is 6.04. The number of anilines is 3. The molecule has 2 aromatic carbocycles. The molecule has 29 heavy (non-hydrogen) atoms. The summed E-state index contributed by atoms with van der Waals surface area (Å²) in [4.78, 5) is 21.0. The fraction of sp³-hybridized carbons (Fsp3) is 0.190. The van der Waals surface area contributed by atoms with Crippen molar-refractivity contribution in [2.24, 2.45) is 0 Å². The summed E-state index contributed by atoms with van der Waals surface area (Å²) in [6, 6.07) is 11.1. The molecule has 0 atom stereocenters. The van der Waals surface area contributed by atoms with Crippen LogP contribution in [0.3, 0.4) is 0 Å². The lowest BCUT2D eigenvalue weighted by molar-refractivity contribution is 0.102. The van der Waals surface area contributed by atoms with Gasteiger partial charge in [-0.1, -0.05) is 18.2 Å². The van der Waals surface area contributed by atoms with Crippen molar-refractivity contribution in [2.75, 3.05) is 32.0 Å². The van der Waals surface area contributed by atoms with Gasteiger partial charge >= 0.3 is 0 Å². The quantitative estimate of drug-likeness (QED) is 0.629. The maximum Gasteiger partial charge on any atom is 0.258 e. The Hall–Kier alpha value is -3.81. The second-order valence-corrected chi connectivity index (χ2v) is 6.10. The van der Waals surface area contributed by atoms with Gasteiger partial charge in [0.1, 0.15) is 0 Å². The average molecular weight is 394 g/mol. The number of rotatable bonds is 7. The second-order valence-electron chi connectivity index (χ2n) is 6.10. The van der Waals surface area contributed by atoms with Gasteiger partial charge in [0, 0.05) is 35.9 Å². The molecule has 0 radical (unpaired) electrons. The molecule has 150 valence electrons. The van der Waals surface area contributed by atoms with Crippen LogP contribution in [0, 0.1) is 6.92 Å². The van der Waals surface area contributed by atoms with Crippen molar-refractivity contribution in [3.8, 4) is 17.2 Å². The highest BCUT2D eigenvalue weighted by atomic mass is 16.5. The largest absolute Gasteiger partial charge is 0.493 e. The molecule has 8 heteroatoms. The summed E-state index contributed by atoms with van der Waals surface area (Å²) < 4.78 is 15.9. The Bertz CT molecular complexity index is 981. The first-order valence-corrected chi connectivity index (χ1v) is 8.81. The smallest absolute Gasteiger partial charge is 0.258 e. The molecule has 0 fully saturated rings. The Morgan fingerprint density at radius 2 is 1.55 bits per heavy atom. The van der Waals surface area contributed by atoms with E-state index >= 15 is 0 Å². The number of carbonyl (C=O) groups excluding carboxylic acids is 1. The third-order valence-corrected chi connectivity index (χ3v) is 4.23. The number of para-hydroxylation sites is 1. The highest BCUT2D eigenvalue weighted by Crippen LogP contribution is 2.40. The summed E-state index contributed by atoms with van der Waals surface area (Å²) in [5.74, 6) is 1.38. The number of aromatic nitrogens is 2. The first kappa shape index (κ1) is 19.9. The minimum absolute atomic E-state index is 0.314. The molecule has 0 aliphatic heterocycles. The topological polar surface area (TPSA) is 94.6 Å². The number of hydrogen-bond acceptors (Lipinski definition) is 7. The summed E-state index contributed by atoms with van der Waals surface area (Å²) in [6.45, 7) is 1.99. The Kier molecular flexibility index (Phi) is 6.13. The van der Waals surface area contributed by atoms with Gasteiger partial charge in [-0.2, -0.15) is 0 Å². The normalized spacial score (nSPS) is 10.2. The Labute approximate surface area is 168 Å². The van der Waals surface area contributed by atoms with E-state index in [9.17, 15) is 4.79 Å². The zero-order valence-electron chi connectivity index (χ0n) is 16.6. The van der Waals surface area contributed by atoms with Crippen LogP contribution in [0.2, 0.25) is 0 Å². The number of methoxy groups -OCH3 is 3. The van der Waals surface area contributed by atoms with Crippen LogP contribution < -0.4 is 24.8 Å². The van der Waals surface area contributed by atoms with Gasteiger partial charge in [0.15, 0.2) is 11.5 Å². The molecular formula is C21H22N4O4. The van der Waals surface area contributed by atoms with Gasteiger partial charge < -0.3 is 24.8 Å². The summed E-state index contributed by atoms with van der Waals surface area (Å²) in [7, 11) is 4.54. The fourth-order valence-electron chi connectivity index (χ4n) is 2.70. The Morgan fingerprint density at radius 1 is 0.931 bits per heavy atom. The van der Waals surface area contributed by atoms with Gasteiger partial charge in [-0.25, -0.2) is 9.97 Å². The van der Waals surface area contributed by atoms with E-state index in [4.69, 9.17) is 14.2 Å². The number of nitrogens with zero attached hydrogens (tertiary/aromatic N) is 2. The van der Waals surface area contributed by atoms with Crippen LogP contribution in [0.4, 0.5) is 17.3 Å². The molecule has 0 aliphatic rings. The van der Waals surface area contributed by atoms with Crippen molar-refractivity contribution < 1.29 is 19.0 Å². The van der Waals surface area contributed by atoms with E-state index in [1.165, 1.54) is 33.7 Å². The maximum absolute atomic E-state index is 12.6. The van der Waals surface area contributed by atoms with Crippen molar-refractivity contribution in [1.29, 1.82) is 0 Å². The van der Waals surface area contributed by atoms with E-state index in [1.807, 2.05) is 31.2 Å². The number of aryl methyl sites for hydroxylation is 1. The summed E-state index contributed by atoms with van der Waals surface area (Å²) >= 11 is 0. The predicted molar refractivity (Wildman–Crippen MR) is 111 cm³/mol. The monoisotopic (exact) mass is 394 g/mol. The van der Waals surface area contributed by atoms with Crippen LogP contribution in [0.1, 0.15) is 15.9 Å². The number of carbonyl (C=O) groups is 1. The third kappa shape index (κ3) is 4.55. The molecule has 1 amide bonds. The van der Waals surface area contributed by atoms with E-state index in [-0.39, 0.29) is 5.91 Å². The van der Waals surface area contributed by atoms with E-state index in [0.717, 1.165) is 11.3 Å². The van der Waals surface area contributed by atoms with Gasteiger partial charge in [-0.3, -0.25) is 4.79 Å². The first-order valence-electron chi connectivity index (χ1n) is 8.81. The first-order chi connectivity index (χ1) is 14.0. The lowest BCUT2D eigenvalue weighted by Crippen LogP contribution is -2.13. The lowest BCUT2D eigenvalue weighted by atomic mass is 10.2. The Balaban J connectivity index is 1.75. The van der Waals surface area contributed by atoms with Crippen LogP contribution >= 0.6 is 0 Å². The van der Waals surface area contributed by atoms with Crippen LogP contribution in [-0.4, -0.2) is 37.2 Å². The van der Waals surface area contributed by atoms with Crippen molar-refractivity contribution in [3.05, 3.63) is 59.9 Å². The predicted octanol–water partition coefficient (Wildman–Crippen LogP) is 3.81. The zero-order valence-corrected chi connectivity index (χ0v) is 16.6. The molecule has 1 aromatic heterocycles. The molecule has 2 N–H and O–H groups in total. The molecule has 8 nitrogen and oxygen atoms in total. The molecule has 0 saturated carbocycles. The van der Waals surface area contributed by atoms with Crippen molar-refractivity contribution in [1.82, 2.24) is 9.97 Å². The van der Waals surface area contributed by atoms with Crippen LogP contribution in [0.5, 0.6) is 17.2 Å². The van der Waals surface area contributed by atoms with E-state index < -0.39 is 0 Å². The molecule has 0 bridgehead atoms. The molecule has 0 saturated heterocycles. The van der Waals surface area contributed by atoms with Crippen LogP contribution in [-0.2, 0) is 0 Å². The molecule has 0 aliphatic carbocycles. The molecule has 1 heterocycles. The summed E-state index contributed by atoms with van der Waals surface area (Å²) in [5.41, 5.74) is 2.78. The van der Waals surface area contributed by atoms with Crippen LogP contribution in [0.15, 0.2) is 48.8 Å². The summed E-state index contributed by atoms with van der Waals surface area (Å²) in [6.07, 6.45) is 2.92. The number of amides is 1. The Morgan fingerprint density at radius 3 is 2.10 bits per heavy atom. The number of ether oxygens (including phenoxy) is 3. The van der Waals surface area contributed by atoms with Gasteiger partial charge in [-0.05, 0) is 18.6 Å². The average Bonchev–Trinajstić information content (AvgIpc) is 2.75. The minimum Gasteiger partial charge on any atom is -0.493 e. The number of nitrogens with one attached hydrogen (secondary N) is 2. The third-order valence-electron chi connectivity index (χ3n) is 4.23. The molecule has 3 aromatic rings. The second kappa shape index (κ2) is 8.92. The van der Waals surface area contributed by atoms with E-state index in [1.54, 1.807) is 12.1 Å². The van der Waals surface area contributed by atoms with Gasteiger partial charge in [-0.15, -0.1) is 0 Å². The fourth-order valence-corrected chi connectivity index (χ4v) is 2.70. The zero-order chi connectivity index (χ0) is 20.8. The van der Waals surface area contributed by atoms with Gasteiger partial charge in [0.25, 0.3) is 5.91 Å². The van der Waals surface area contributed by atoms with E-state index in [0.29, 0.717) is 34.4 Å². The lowest BCUT2D eigenvalue weighted by Gasteiger charge is -2.14. The number of hydrogen-bond donors (Lipinski definition) is 2. The highest BCUT2D eigenvalue weighted by Gasteiger charge is 2.15.